The Labute approximate surface area is 202 Å². The van der Waals surface area contributed by atoms with E-state index >= 15 is 0 Å². The SMILES string of the molecule is CCCCCCCCCCCCCCCCCCCCC(=O)N[C@@H](CCN=C(N)N)C(=O)O. The third-order valence-corrected chi connectivity index (χ3v) is 6.10. The fourth-order valence-corrected chi connectivity index (χ4v) is 4.03. The van der Waals surface area contributed by atoms with E-state index in [1.54, 1.807) is 0 Å². The van der Waals surface area contributed by atoms with Gasteiger partial charge in [0.1, 0.15) is 6.04 Å². The third kappa shape index (κ3) is 23.2. The van der Waals surface area contributed by atoms with Crippen LogP contribution in [0.25, 0.3) is 0 Å². The summed E-state index contributed by atoms with van der Waals surface area (Å²) in [5, 5.41) is 11.7. The Balaban J connectivity index is 3.43. The average molecular weight is 469 g/mol. The molecule has 0 saturated carbocycles. The van der Waals surface area contributed by atoms with Crippen LogP contribution in [0.5, 0.6) is 0 Å². The van der Waals surface area contributed by atoms with Gasteiger partial charge in [-0.3, -0.25) is 9.79 Å². The lowest BCUT2D eigenvalue weighted by Crippen LogP contribution is -2.41. The van der Waals surface area contributed by atoms with Crippen LogP contribution in [0.3, 0.4) is 0 Å². The second kappa shape index (κ2) is 23.4. The molecule has 0 aliphatic carbocycles. The maximum absolute atomic E-state index is 12.0. The summed E-state index contributed by atoms with van der Waals surface area (Å²) in [7, 11) is 0. The summed E-state index contributed by atoms with van der Waals surface area (Å²) < 4.78 is 0. The minimum absolute atomic E-state index is 0.0794. The first kappa shape index (κ1) is 31.2. The number of carboxylic acids is 1. The Morgan fingerprint density at radius 2 is 1.12 bits per heavy atom. The Morgan fingerprint density at radius 3 is 1.48 bits per heavy atom. The number of hydrogen-bond acceptors (Lipinski definition) is 3. The Kier molecular flexibility index (Phi) is 22.1. The topological polar surface area (TPSA) is 131 Å². The number of guanidine groups is 1. The van der Waals surface area contributed by atoms with Crippen LogP contribution in [0.2, 0.25) is 0 Å². The fraction of sp³-hybridized carbons (Fsp3) is 0.885. The molecule has 0 fully saturated rings. The lowest BCUT2D eigenvalue weighted by atomic mass is 10.0. The zero-order chi connectivity index (χ0) is 24.6. The molecule has 0 aliphatic heterocycles. The second-order valence-electron chi connectivity index (χ2n) is 9.31. The molecule has 0 aromatic rings. The van der Waals surface area contributed by atoms with Crippen molar-refractivity contribution in [3.8, 4) is 0 Å². The number of carbonyl (C=O) groups excluding carboxylic acids is 1. The van der Waals surface area contributed by atoms with Crippen LogP contribution in [-0.2, 0) is 9.59 Å². The molecular formula is C26H52N4O3. The van der Waals surface area contributed by atoms with Crippen molar-refractivity contribution in [2.45, 2.75) is 141 Å². The molecule has 7 heteroatoms. The van der Waals surface area contributed by atoms with Crippen LogP contribution in [0.1, 0.15) is 135 Å². The summed E-state index contributed by atoms with van der Waals surface area (Å²) in [6, 6.07) is -0.948. The van der Waals surface area contributed by atoms with Gasteiger partial charge in [-0.2, -0.15) is 0 Å². The summed E-state index contributed by atoms with van der Waals surface area (Å²) in [5.41, 5.74) is 10.5. The zero-order valence-corrected chi connectivity index (χ0v) is 21.3. The third-order valence-electron chi connectivity index (χ3n) is 6.10. The molecule has 0 aromatic carbocycles. The number of nitrogens with two attached hydrogens (primary N) is 2. The highest BCUT2D eigenvalue weighted by atomic mass is 16.4. The minimum Gasteiger partial charge on any atom is -0.480 e. The smallest absolute Gasteiger partial charge is 0.326 e. The maximum atomic E-state index is 12.0. The quantitative estimate of drug-likeness (QED) is 0.0825. The first-order valence-electron chi connectivity index (χ1n) is 13.5. The van der Waals surface area contributed by atoms with Gasteiger partial charge in [-0.1, -0.05) is 116 Å². The van der Waals surface area contributed by atoms with Crippen molar-refractivity contribution in [3.63, 3.8) is 0 Å². The molecule has 1 amide bonds. The number of carboxylic acid groups (broad SMARTS) is 1. The predicted octanol–water partition coefficient (Wildman–Crippen LogP) is 5.65. The number of amides is 1. The number of carbonyl (C=O) groups is 2. The van der Waals surface area contributed by atoms with Gasteiger partial charge in [-0.15, -0.1) is 0 Å². The highest BCUT2D eigenvalue weighted by molar-refractivity contribution is 5.83. The molecule has 33 heavy (non-hydrogen) atoms. The molecule has 0 unspecified atom stereocenters. The Hall–Kier alpha value is -1.79. The fourth-order valence-electron chi connectivity index (χ4n) is 4.03. The number of unbranched alkanes of at least 4 members (excludes halogenated alkanes) is 17. The normalized spacial score (nSPS) is 11.8. The van der Waals surface area contributed by atoms with Crippen LogP contribution in [-0.4, -0.2) is 35.5 Å². The van der Waals surface area contributed by atoms with E-state index in [0.717, 1.165) is 19.3 Å². The number of nitrogens with one attached hydrogen (secondary N) is 1. The van der Waals surface area contributed by atoms with Crippen molar-refractivity contribution in [1.82, 2.24) is 5.32 Å². The number of rotatable bonds is 24. The molecular weight excluding hydrogens is 416 g/mol. The lowest BCUT2D eigenvalue weighted by Gasteiger charge is -2.13. The number of aliphatic imine (C=N–C) groups is 1. The monoisotopic (exact) mass is 468 g/mol. The van der Waals surface area contributed by atoms with Gasteiger partial charge in [0.25, 0.3) is 0 Å². The number of aliphatic carboxylic acids is 1. The van der Waals surface area contributed by atoms with Gasteiger partial charge in [0.15, 0.2) is 5.96 Å². The Bertz CT molecular complexity index is 508. The molecule has 0 heterocycles. The Morgan fingerprint density at radius 1 is 0.727 bits per heavy atom. The van der Waals surface area contributed by atoms with Gasteiger partial charge in [0.2, 0.25) is 5.91 Å². The summed E-state index contributed by atoms with van der Waals surface area (Å²) in [6.07, 6.45) is 24.0. The summed E-state index contributed by atoms with van der Waals surface area (Å²) in [6.45, 7) is 2.45. The van der Waals surface area contributed by atoms with Gasteiger partial charge < -0.3 is 21.9 Å². The zero-order valence-electron chi connectivity index (χ0n) is 21.3. The molecule has 0 bridgehead atoms. The van der Waals surface area contributed by atoms with Crippen molar-refractivity contribution < 1.29 is 14.7 Å². The maximum Gasteiger partial charge on any atom is 0.326 e. The van der Waals surface area contributed by atoms with Gasteiger partial charge in [0.05, 0.1) is 0 Å². The predicted molar refractivity (Wildman–Crippen MR) is 138 cm³/mol. The van der Waals surface area contributed by atoms with Gasteiger partial charge in [-0.05, 0) is 12.8 Å². The first-order chi connectivity index (χ1) is 16.0. The van der Waals surface area contributed by atoms with Gasteiger partial charge in [-0.25, -0.2) is 4.79 Å². The molecule has 0 aromatic heterocycles. The van der Waals surface area contributed by atoms with E-state index in [1.807, 2.05) is 0 Å². The summed E-state index contributed by atoms with van der Waals surface area (Å²) >= 11 is 0. The van der Waals surface area contributed by atoms with Gasteiger partial charge in [0, 0.05) is 13.0 Å². The molecule has 6 N–H and O–H groups in total. The molecule has 0 radical (unpaired) electrons. The summed E-state index contributed by atoms with van der Waals surface area (Å²) in [4.78, 5) is 27.0. The van der Waals surface area contributed by atoms with Crippen LogP contribution in [0, 0.1) is 0 Å². The standard InChI is InChI=1S/C26H52N4O3/c1-2-3-4-5-6-7-8-9-10-11-12-13-14-15-16-17-18-19-20-24(31)30-23(25(32)33)21-22-29-26(27)28/h23H,2-22H2,1H3,(H,30,31)(H,32,33)(H4,27,28,29)/t23-/m0/s1. The van der Waals surface area contributed by atoms with Crippen molar-refractivity contribution in [1.29, 1.82) is 0 Å². The molecule has 7 nitrogen and oxygen atoms in total. The highest BCUT2D eigenvalue weighted by Gasteiger charge is 2.19. The van der Waals surface area contributed by atoms with Crippen molar-refractivity contribution >= 4 is 17.8 Å². The van der Waals surface area contributed by atoms with E-state index in [4.69, 9.17) is 11.5 Å². The van der Waals surface area contributed by atoms with Gasteiger partial charge >= 0.3 is 5.97 Å². The summed E-state index contributed by atoms with van der Waals surface area (Å²) in [5.74, 6) is -1.36. The van der Waals surface area contributed by atoms with Crippen LogP contribution >= 0.6 is 0 Å². The van der Waals surface area contributed by atoms with E-state index < -0.39 is 12.0 Å². The van der Waals surface area contributed by atoms with E-state index in [-0.39, 0.29) is 24.8 Å². The van der Waals surface area contributed by atoms with Crippen molar-refractivity contribution in [3.05, 3.63) is 0 Å². The molecule has 0 aliphatic rings. The first-order valence-corrected chi connectivity index (χ1v) is 13.5. The lowest BCUT2D eigenvalue weighted by molar-refractivity contribution is -0.142. The van der Waals surface area contributed by atoms with E-state index in [2.05, 4.69) is 17.2 Å². The number of nitrogens with zero attached hydrogens (tertiary/aromatic N) is 1. The number of hydrogen-bond donors (Lipinski definition) is 4. The largest absolute Gasteiger partial charge is 0.480 e. The molecule has 0 saturated heterocycles. The van der Waals surface area contributed by atoms with E-state index in [0.29, 0.717) is 6.42 Å². The van der Waals surface area contributed by atoms with E-state index in [1.165, 1.54) is 96.3 Å². The van der Waals surface area contributed by atoms with Crippen molar-refractivity contribution in [2.75, 3.05) is 6.54 Å². The molecule has 194 valence electrons. The van der Waals surface area contributed by atoms with Crippen LogP contribution < -0.4 is 16.8 Å². The molecule has 1 atom stereocenters. The average Bonchev–Trinajstić information content (AvgIpc) is 2.77. The highest BCUT2D eigenvalue weighted by Crippen LogP contribution is 2.14. The van der Waals surface area contributed by atoms with Crippen LogP contribution in [0.15, 0.2) is 4.99 Å². The molecule has 0 rings (SSSR count). The minimum atomic E-state index is -1.06. The molecule has 0 spiro atoms. The second-order valence-corrected chi connectivity index (χ2v) is 9.31. The van der Waals surface area contributed by atoms with E-state index in [9.17, 15) is 14.7 Å². The van der Waals surface area contributed by atoms with Crippen molar-refractivity contribution in [2.24, 2.45) is 16.5 Å². The van der Waals surface area contributed by atoms with Crippen LogP contribution in [0.4, 0.5) is 0 Å².